The highest BCUT2D eigenvalue weighted by atomic mass is 35.5. The average molecular weight is 433 g/mol. The largest absolute Gasteiger partial charge is 0.497 e. The summed E-state index contributed by atoms with van der Waals surface area (Å²) in [5.74, 6) is 0.125. The van der Waals surface area contributed by atoms with Gasteiger partial charge in [-0.3, -0.25) is 19.3 Å². The van der Waals surface area contributed by atoms with Gasteiger partial charge in [-0.2, -0.15) is 0 Å². The van der Waals surface area contributed by atoms with Crippen LogP contribution < -0.4 is 14.8 Å². The number of nitrogens with one attached hydrogen (secondary N) is 1. The first kappa shape index (κ1) is 20.8. The topological polar surface area (TPSA) is 84.9 Å². The summed E-state index contributed by atoms with van der Waals surface area (Å²) in [4.78, 5) is 38.2. The van der Waals surface area contributed by atoms with Gasteiger partial charge in [0, 0.05) is 16.3 Å². The Morgan fingerprint density at radius 2 is 1.86 bits per heavy atom. The molecule has 150 valence electrons. The Hall–Kier alpha value is -2.97. The highest BCUT2D eigenvalue weighted by Crippen LogP contribution is 2.34. The molecule has 0 aliphatic carbocycles. The maximum Gasteiger partial charge on any atom is 0.294 e. The van der Waals surface area contributed by atoms with Crippen molar-refractivity contribution in [2.45, 2.75) is 0 Å². The van der Waals surface area contributed by atoms with Crippen LogP contribution in [0.4, 0.5) is 10.5 Å². The first-order valence-corrected chi connectivity index (χ1v) is 9.63. The van der Waals surface area contributed by atoms with E-state index >= 15 is 0 Å². The number of imide groups is 1. The van der Waals surface area contributed by atoms with Crippen molar-refractivity contribution in [3.8, 4) is 11.5 Å². The third kappa shape index (κ3) is 4.90. The first-order valence-electron chi connectivity index (χ1n) is 8.44. The second-order valence-corrected chi connectivity index (χ2v) is 7.36. The van der Waals surface area contributed by atoms with Gasteiger partial charge in [0.1, 0.15) is 18.0 Å². The molecule has 0 aromatic heterocycles. The fourth-order valence-electron chi connectivity index (χ4n) is 2.61. The van der Waals surface area contributed by atoms with E-state index in [1.54, 1.807) is 49.6 Å². The van der Waals surface area contributed by atoms with E-state index in [9.17, 15) is 14.4 Å². The number of thioether (sulfide) groups is 1. The van der Waals surface area contributed by atoms with E-state index in [-0.39, 0.29) is 11.4 Å². The number of anilines is 1. The molecule has 2 aromatic rings. The van der Waals surface area contributed by atoms with Crippen molar-refractivity contribution in [1.82, 2.24) is 4.90 Å². The number of hydrogen-bond donors (Lipinski definition) is 1. The van der Waals surface area contributed by atoms with Crippen LogP contribution in [0.15, 0.2) is 47.4 Å². The Morgan fingerprint density at radius 1 is 1.14 bits per heavy atom. The summed E-state index contributed by atoms with van der Waals surface area (Å²) in [6.07, 6.45) is 1.52. The number of nitrogens with zero attached hydrogens (tertiary/aromatic N) is 1. The minimum absolute atomic E-state index is 0.188. The molecule has 0 atom stereocenters. The van der Waals surface area contributed by atoms with Gasteiger partial charge < -0.3 is 14.8 Å². The molecule has 7 nitrogen and oxygen atoms in total. The number of ether oxygens (including phenoxy) is 2. The lowest BCUT2D eigenvalue weighted by Gasteiger charge is -2.12. The van der Waals surface area contributed by atoms with Crippen molar-refractivity contribution in [3.63, 3.8) is 0 Å². The van der Waals surface area contributed by atoms with Crippen molar-refractivity contribution in [2.75, 3.05) is 26.1 Å². The molecule has 1 aliphatic heterocycles. The number of hydrogen-bond acceptors (Lipinski definition) is 6. The highest BCUT2D eigenvalue weighted by molar-refractivity contribution is 8.18. The molecule has 3 rings (SSSR count). The summed E-state index contributed by atoms with van der Waals surface area (Å²) in [6.45, 7) is -0.388. The zero-order valence-corrected chi connectivity index (χ0v) is 17.2. The lowest BCUT2D eigenvalue weighted by molar-refractivity contribution is -0.127. The Labute approximate surface area is 176 Å². The molecular formula is C20H17ClN2O5S. The predicted molar refractivity (Wildman–Crippen MR) is 112 cm³/mol. The maximum atomic E-state index is 12.6. The molecule has 1 heterocycles. The van der Waals surface area contributed by atoms with Gasteiger partial charge in [-0.25, -0.2) is 0 Å². The lowest BCUT2D eigenvalue weighted by Crippen LogP contribution is -2.36. The van der Waals surface area contributed by atoms with Gasteiger partial charge in [-0.1, -0.05) is 11.6 Å². The number of halogens is 1. The number of rotatable bonds is 6. The number of benzene rings is 2. The van der Waals surface area contributed by atoms with Gasteiger partial charge in [0.25, 0.3) is 11.1 Å². The normalized spacial score (nSPS) is 15.0. The molecule has 3 amide bonds. The van der Waals surface area contributed by atoms with Crippen molar-refractivity contribution in [1.29, 1.82) is 0 Å². The van der Waals surface area contributed by atoms with Crippen LogP contribution in [0.2, 0.25) is 5.02 Å². The number of carbonyl (C=O) groups is 3. The molecule has 0 spiro atoms. The Morgan fingerprint density at radius 3 is 2.52 bits per heavy atom. The molecule has 0 bridgehead atoms. The number of methoxy groups -OCH3 is 2. The average Bonchev–Trinajstić information content (AvgIpc) is 2.96. The van der Waals surface area contributed by atoms with Crippen molar-refractivity contribution in [3.05, 3.63) is 58.0 Å². The van der Waals surface area contributed by atoms with E-state index in [0.717, 1.165) is 16.7 Å². The van der Waals surface area contributed by atoms with Crippen molar-refractivity contribution >= 4 is 52.2 Å². The fourth-order valence-corrected chi connectivity index (χ4v) is 3.62. The van der Waals surface area contributed by atoms with Crippen LogP contribution >= 0.6 is 23.4 Å². The molecule has 0 radical (unpaired) electrons. The summed E-state index contributed by atoms with van der Waals surface area (Å²) in [6, 6.07) is 11.7. The Bertz CT molecular complexity index is 991. The van der Waals surface area contributed by atoms with E-state index < -0.39 is 17.1 Å². The van der Waals surface area contributed by atoms with Gasteiger partial charge in [0.15, 0.2) is 0 Å². The lowest BCUT2D eigenvalue weighted by atomic mass is 10.2. The van der Waals surface area contributed by atoms with Gasteiger partial charge in [0.2, 0.25) is 5.91 Å². The van der Waals surface area contributed by atoms with Crippen molar-refractivity contribution < 1.29 is 23.9 Å². The molecule has 1 N–H and O–H groups in total. The molecule has 1 saturated heterocycles. The summed E-state index contributed by atoms with van der Waals surface area (Å²) < 4.78 is 10.3. The van der Waals surface area contributed by atoms with Gasteiger partial charge in [-0.05, 0) is 60.3 Å². The van der Waals surface area contributed by atoms with Crippen molar-refractivity contribution in [2.24, 2.45) is 0 Å². The van der Waals surface area contributed by atoms with Crippen LogP contribution in [0.25, 0.3) is 6.08 Å². The van der Waals surface area contributed by atoms with Crippen LogP contribution in [0.1, 0.15) is 5.56 Å². The van der Waals surface area contributed by atoms with Crippen LogP contribution in [-0.2, 0) is 9.59 Å². The number of amides is 3. The molecule has 2 aromatic carbocycles. The molecule has 1 fully saturated rings. The molecular weight excluding hydrogens is 416 g/mol. The zero-order chi connectivity index (χ0) is 21.0. The van der Waals surface area contributed by atoms with E-state index in [1.807, 2.05) is 0 Å². The van der Waals surface area contributed by atoms with E-state index in [4.69, 9.17) is 21.1 Å². The first-order chi connectivity index (χ1) is 13.9. The highest BCUT2D eigenvalue weighted by Gasteiger charge is 2.36. The quantitative estimate of drug-likeness (QED) is 0.693. The zero-order valence-electron chi connectivity index (χ0n) is 15.6. The van der Waals surface area contributed by atoms with Gasteiger partial charge in [-0.15, -0.1) is 0 Å². The second kappa shape index (κ2) is 9.02. The summed E-state index contributed by atoms with van der Waals surface area (Å²) in [7, 11) is 3.04. The minimum Gasteiger partial charge on any atom is -0.497 e. The molecule has 9 heteroatoms. The smallest absolute Gasteiger partial charge is 0.294 e. The second-order valence-electron chi connectivity index (χ2n) is 5.93. The minimum atomic E-state index is -0.549. The maximum absolute atomic E-state index is 12.6. The number of carbonyl (C=O) groups excluding carboxylic acids is 3. The molecule has 0 unspecified atom stereocenters. The van der Waals surface area contributed by atoms with E-state index in [0.29, 0.717) is 27.8 Å². The Kier molecular flexibility index (Phi) is 6.46. The summed E-state index contributed by atoms with van der Waals surface area (Å²) in [5, 5.41) is 2.59. The van der Waals surface area contributed by atoms with Crippen LogP contribution in [0.5, 0.6) is 11.5 Å². The monoisotopic (exact) mass is 432 g/mol. The van der Waals surface area contributed by atoms with E-state index in [2.05, 4.69) is 5.32 Å². The standard InChI is InChI=1S/C20H17ClN2O5S/c1-27-15-6-4-14(5-7-15)22-18(24)11-23-19(25)17(29-20(23)26)10-12-9-13(21)3-8-16(12)28-2/h3-10H,11H2,1-2H3,(H,22,24)/b17-10+. The van der Waals surface area contributed by atoms with Crippen LogP contribution in [0.3, 0.4) is 0 Å². The van der Waals surface area contributed by atoms with E-state index in [1.165, 1.54) is 13.2 Å². The van der Waals surface area contributed by atoms with Crippen LogP contribution in [0, 0.1) is 0 Å². The molecule has 1 aliphatic rings. The summed E-state index contributed by atoms with van der Waals surface area (Å²) >= 11 is 6.76. The SMILES string of the molecule is COc1ccc(NC(=O)CN2C(=O)S/C(=C/c3cc(Cl)ccc3OC)C2=O)cc1. The molecule has 0 saturated carbocycles. The Balaban J connectivity index is 1.71. The third-order valence-corrected chi connectivity index (χ3v) is 5.17. The molecule has 29 heavy (non-hydrogen) atoms. The summed E-state index contributed by atoms with van der Waals surface area (Å²) in [5.41, 5.74) is 1.09. The van der Waals surface area contributed by atoms with Crippen LogP contribution in [-0.4, -0.2) is 42.7 Å². The van der Waals surface area contributed by atoms with Gasteiger partial charge >= 0.3 is 0 Å². The fraction of sp³-hybridized carbons (Fsp3) is 0.150. The van der Waals surface area contributed by atoms with Gasteiger partial charge in [0.05, 0.1) is 19.1 Å². The predicted octanol–water partition coefficient (Wildman–Crippen LogP) is 4.03. The third-order valence-electron chi connectivity index (χ3n) is 4.03.